The Kier molecular flexibility index (Phi) is 7.01. The molecule has 0 unspecified atom stereocenters. The van der Waals surface area contributed by atoms with Gasteiger partial charge in [-0.1, -0.05) is 118 Å². The molecule has 254 valence electrons. The minimum atomic E-state index is 0. The van der Waals surface area contributed by atoms with Gasteiger partial charge in [-0.05, 0) is 90.2 Å². The fourth-order valence-corrected chi connectivity index (χ4v) is 8.50. The molecule has 0 amide bonds. The zero-order valence-electron chi connectivity index (χ0n) is 29.1. The van der Waals surface area contributed by atoms with Gasteiger partial charge < -0.3 is 13.5 Å². The number of benzene rings is 7. The van der Waals surface area contributed by atoms with E-state index in [9.17, 15) is 0 Å². The van der Waals surface area contributed by atoms with Gasteiger partial charge in [-0.15, -0.1) is 12.1 Å². The SMILES string of the molecule is Cc1cc(C)c(-c2ccc3c(c2)c2ccc(Oc4[c-]c5c(cc4)c4ccccc4n4c6ccccc6nc54)[c-]c2c2nc4ccccc4n32)c(C)c1.[Pd+2]. The van der Waals surface area contributed by atoms with E-state index < -0.39 is 0 Å². The number of para-hydroxylation sites is 5. The van der Waals surface area contributed by atoms with E-state index in [0.29, 0.717) is 11.5 Å². The summed E-state index contributed by atoms with van der Waals surface area (Å²) in [6, 6.07) is 51.9. The molecule has 4 aromatic heterocycles. The number of fused-ring (bicyclic) bond motifs is 16. The van der Waals surface area contributed by atoms with Crippen molar-refractivity contribution in [1.29, 1.82) is 0 Å². The van der Waals surface area contributed by atoms with E-state index in [-0.39, 0.29) is 20.4 Å². The molecule has 0 aliphatic rings. The Labute approximate surface area is 318 Å². The van der Waals surface area contributed by atoms with Crippen LogP contribution in [-0.4, -0.2) is 18.8 Å². The Morgan fingerprint density at radius 2 is 1.00 bits per heavy atom. The molecule has 0 saturated heterocycles. The third-order valence-corrected chi connectivity index (χ3v) is 10.6. The molecule has 0 aliphatic carbocycles. The standard InChI is InChI=1S/C47H30N4O.Pd/c1-27-22-28(2)45(29(3)23-27)30-16-21-42-36(24-30)34-20-18-32(26-38(34)47-49-40-12-6-9-15-44(40)51(42)47)52-31-17-19-33-35-10-4-7-13-41(35)50-43-14-8-5-11-39(43)48-46(50)37(33)25-31;/h4-24H,1-3H3;/q-2;+2. The number of hydrogen-bond donors (Lipinski definition) is 0. The summed E-state index contributed by atoms with van der Waals surface area (Å²) in [6.45, 7) is 6.56. The molecule has 0 saturated carbocycles. The molecule has 0 atom stereocenters. The molecule has 0 N–H and O–H groups in total. The van der Waals surface area contributed by atoms with Crippen molar-refractivity contribution >= 4 is 76.7 Å². The third kappa shape index (κ3) is 4.66. The summed E-state index contributed by atoms with van der Waals surface area (Å²) in [5, 5.41) is 6.27. The first-order valence-electron chi connectivity index (χ1n) is 17.6. The summed E-state index contributed by atoms with van der Waals surface area (Å²) in [5.74, 6) is 1.20. The Morgan fingerprint density at radius 1 is 0.491 bits per heavy atom. The first-order valence-corrected chi connectivity index (χ1v) is 17.6. The molecule has 0 bridgehead atoms. The fraction of sp³-hybridized carbons (Fsp3) is 0.0638. The number of imidazole rings is 2. The van der Waals surface area contributed by atoms with Crippen LogP contribution in [0.4, 0.5) is 0 Å². The van der Waals surface area contributed by atoms with E-state index in [2.05, 4.69) is 145 Å². The van der Waals surface area contributed by atoms with Crippen molar-refractivity contribution in [3.05, 3.63) is 156 Å². The molecule has 7 aromatic carbocycles. The molecule has 0 fully saturated rings. The quantitative estimate of drug-likeness (QED) is 0.102. The molecular formula is C47H30N4OPd. The maximum Gasteiger partial charge on any atom is 2.00 e. The van der Waals surface area contributed by atoms with Gasteiger partial charge in [0.05, 0.1) is 33.4 Å². The van der Waals surface area contributed by atoms with E-state index in [1.807, 2.05) is 24.3 Å². The number of rotatable bonds is 3. The van der Waals surface area contributed by atoms with Crippen LogP contribution < -0.4 is 4.74 Å². The maximum atomic E-state index is 6.62. The minimum Gasteiger partial charge on any atom is -0.497 e. The van der Waals surface area contributed by atoms with Gasteiger partial charge in [-0.2, -0.15) is 0 Å². The summed E-state index contributed by atoms with van der Waals surface area (Å²) in [6.07, 6.45) is 0. The Hall–Kier alpha value is -6.06. The van der Waals surface area contributed by atoms with Gasteiger partial charge in [0.15, 0.2) is 0 Å². The number of ether oxygens (including phenoxy) is 1. The van der Waals surface area contributed by atoms with E-state index in [1.165, 1.54) is 27.8 Å². The molecule has 6 heteroatoms. The van der Waals surface area contributed by atoms with E-state index in [4.69, 9.17) is 14.7 Å². The van der Waals surface area contributed by atoms with Crippen LogP contribution in [0.15, 0.2) is 127 Å². The Bertz CT molecular complexity index is 3300. The second-order valence-electron chi connectivity index (χ2n) is 13.9. The molecule has 53 heavy (non-hydrogen) atoms. The molecule has 11 rings (SSSR count). The summed E-state index contributed by atoms with van der Waals surface area (Å²) in [7, 11) is 0. The molecule has 0 aliphatic heterocycles. The van der Waals surface area contributed by atoms with Crippen molar-refractivity contribution in [2.75, 3.05) is 0 Å². The fourth-order valence-electron chi connectivity index (χ4n) is 8.50. The first-order chi connectivity index (χ1) is 25.5. The zero-order chi connectivity index (χ0) is 34.7. The minimum absolute atomic E-state index is 0. The number of hydrogen-bond acceptors (Lipinski definition) is 3. The number of nitrogens with zero attached hydrogens (tertiary/aromatic N) is 4. The smallest absolute Gasteiger partial charge is 0.497 e. The Balaban J connectivity index is 0.00000349. The van der Waals surface area contributed by atoms with Crippen molar-refractivity contribution in [2.24, 2.45) is 0 Å². The van der Waals surface area contributed by atoms with E-state index in [0.717, 1.165) is 76.7 Å². The first kappa shape index (κ1) is 31.7. The van der Waals surface area contributed by atoms with Gasteiger partial charge in [0.2, 0.25) is 0 Å². The summed E-state index contributed by atoms with van der Waals surface area (Å²) in [4.78, 5) is 10.2. The number of aryl methyl sites for hydroxylation is 3. The van der Waals surface area contributed by atoms with Crippen LogP contribution in [0, 0.1) is 32.9 Å². The molecule has 4 heterocycles. The predicted molar refractivity (Wildman–Crippen MR) is 213 cm³/mol. The van der Waals surface area contributed by atoms with Crippen LogP contribution in [0.1, 0.15) is 16.7 Å². The Morgan fingerprint density at radius 3 is 1.60 bits per heavy atom. The monoisotopic (exact) mass is 772 g/mol. The van der Waals surface area contributed by atoms with Crippen molar-refractivity contribution in [3.63, 3.8) is 0 Å². The van der Waals surface area contributed by atoms with Gasteiger partial charge in [0, 0.05) is 22.5 Å². The topological polar surface area (TPSA) is 43.8 Å². The van der Waals surface area contributed by atoms with Crippen LogP contribution in [-0.2, 0) is 20.4 Å². The van der Waals surface area contributed by atoms with E-state index >= 15 is 0 Å². The van der Waals surface area contributed by atoms with Crippen molar-refractivity contribution in [2.45, 2.75) is 20.8 Å². The largest absolute Gasteiger partial charge is 2.00 e. The van der Waals surface area contributed by atoms with Crippen molar-refractivity contribution < 1.29 is 25.2 Å². The van der Waals surface area contributed by atoms with Gasteiger partial charge in [-0.25, -0.2) is 0 Å². The van der Waals surface area contributed by atoms with Gasteiger partial charge >= 0.3 is 20.4 Å². The van der Waals surface area contributed by atoms with Gasteiger partial charge in [0.1, 0.15) is 0 Å². The normalized spacial score (nSPS) is 11.9. The number of pyridine rings is 2. The van der Waals surface area contributed by atoms with Gasteiger partial charge in [0.25, 0.3) is 0 Å². The molecule has 0 radical (unpaired) electrons. The van der Waals surface area contributed by atoms with Crippen LogP contribution >= 0.6 is 0 Å². The average molecular weight is 773 g/mol. The number of aromatic nitrogens is 4. The summed E-state index contributed by atoms with van der Waals surface area (Å²) in [5.41, 5.74) is 14.2. The summed E-state index contributed by atoms with van der Waals surface area (Å²) >= 11 is 0. The zero-order valence-corrected chi connectivity index (χ0v) is 30.7. The van der Waals surface area contributed by atoms with Gasteiger partial charge in [-0.3, -0.25) is 9.97 Å². The third-order valence-electron chi connectivity index (χ3n) is 10.6. The maximum absolute atomic E-state index is 6.62. The molecule has 5 nitrogen and oxygen atoms in total. The van der Waals surface area contributed by atoms with Crippen LogP contribution in [0.3, 0.4) is 0 Å². The predicted octanol–water partition coefficient (Wildman–Crippen LogP) is 11.9. The van der Waals surface area contributed by atoms with Crippen molar-refractivity contribution in [3.8, 4) is 22.6 Å². The molecule has 11 aromatic rings. The van der Waals surface area contributed by atoms with Crippen LogP contribution in [0.5, 0.6) is 11.5 Å². The average Bonchev–Trinajstić information content (AvgIpc) is 3.75. The van der Waals surface area contributed by atoms with Crippen molar-refractivity contribution in [1.82, 2.24) is 18.8 Å². The second-order valence-corrected chi connectivity index (χ2v) is 13.9. The van der Waals surface area contributed by atoms with E-state index in [1.54, 1.807) is 0 Å². The van der Waals surface area contributed by atoms with Crippen LogP contribution in [0.2, 0.25) is 0 Å². The second kappa shape index (κ2) is 11.7. The molecular weight excluding hydrogens is 743 g/mol. The van der Waals surface area contributed by atoms with Crippen LogP contribution in [0.25, 0.3) is 87.8 Å². The molecule has 0 spiro atoms. The summed E-state index contributed by atoms with van der Waals surface area (Å²) < 4.78 is 11.1.